The summed E-state index contributed by atoms with van der Waals surface area (Å²) in [7, 11) is -4.59. The van der Waals surface area contributed by atoms with Gasteiger partial charge in [0, 0.05) is 13.0 Å². The first kappa shape index (κ1) is 26.8. The number of phenols is 1. The Kier molecular flexibility index (Phi) is 9.43. The lowest BCUT2D eigenvalue weighted by molar-refractivity contribution is -0.148. The fraction of sp³-hybridized carbons (Fsp3) is 0.526. The molecule has 33 heavy (non-hydrogen) atoms. The minimum atomic E-state index is -4.59. The summed E-state index contributed by atoms with van der Waals surface area (Å²) < 4.78 is 31.1. The van der Waals surface area contributed by atoms with Crippen LogP contribution in [-0.4, -0.2) is 72.6 Å². The Bertz CT molecular complexity index is 990. The van der Waals surface area contributed by atoms with Crippen LogP contribution >= 0.6 is 11.6 Å². The number of aliphatic carboxylic acids is 1. The summed E-state index contributed by atoms with van der Waals surface area (Å²) in [6, 6.07) is 1.71. The molecule has 1 aliphatic rings. The molecule has 1 aromatic carbocycles. The third-order valence-electron chi connectivity index (χ3n) is 5.03. The number of nitrogens with two attached hydrogens (primary N) is 2. The third kappa shape index (κ3) is 7.82. The Balaban J connectivity index is 2.01. The molecule has 0 spiro atoms. The van der Waals surface area contributed by atoms with Crippen LogP contribution in [0.4, 0.5) is 0 Å². The second kappa shape index (κ2) is 11.6. The minimum absolute atomic E-state index is 0.0285. The molecule has 0 unspecified atom stereocenters. The summed E-state index contributed by atoms with van der Waals surface area (Å²) in [5, 5.41) is 19.0. The van der Waals surface area contributed by atoms with E-state index in [1.165, 1.54) is 18.2 Å². The van der Waals surface area contributed by atoms with E-state index < -0.39 is 46.3 Å². The Morgan fingerprint density at radius 1 is 1.30 bits per heavy atom. The van der Waals surface area contributed by atoms with Crippen LogP contribution in [-0.2, 0) is 35.3 Å². The fourth-order valence-electron chi connectivity index (χ4n) is 3.36. The Morgan fingerprint density at radius 2 is 2.00 bits per heavy atom. The molecular weight excluding hydrogens is 480 g/mol. The molecule has 1 aliphatic heterocycles. The Labute approximate surface area is 196 Å². The lowest BCUT2D eigenvalue weighted by Gasteiger charge is -2.21. The van der Waals surface area contributed by atoms with Crippen molar-refractivity contribution in [2.24, 2.45) is 11.5 Å². The molecule has 12 nitrogen and oxygen atoms in total. The highest BCUT2D eigenvalue weighted by atomic mass is 35.5. The summed E-state index contributed by atoms with van der Waals surface area (Å²) in [6.07, 6.45) is -0.307. The van der Waals surface area contributed by atoms with Gasteiger partial charge in [-0.3, -0.25) is 9.59 Å². The lowest BCUT2D eigenvalue weighted by Crippen LogP contribution is -2.45. The second-order valence-electron chi connectivity index (χ2n) is 7.63. The topological polar surface area (TPSA) is 202 Å². The van der Waals surface area contributed by atoms with Gasteiger partial charge in [-0.2, -0.15) is 8.42 Å². The monoisotopic (exact) mass is 506 g/mol. The number of phenolic OH excluding ortho intramolecular Hbond substituents is 1. The standard InChI is InChI=1S/C19H27ClN4O8S/c20-13-7-11(4-5-16(13)25)8-17(26)24-10-12(9-15(24)19(28)29)32-33(30,31)23-18(27)14(22)3-1-2-6-21/h4-5,7,12,14-15,25H,1-3,6,8-10,21-22H2,(H,23,27)(H,28,29)/t12-,14+,15+/m1/s1. The molecule has 1 aromatic rings. The normalized spacial score (nSPS) is 19.3. The van der Waals surface area contributed by atoms with Gasteiger partial charge in [-0.05, 0) is 37.1 Å². The zero-order valence-corrected chi connectivity index (χ0v) is 19.2. The zero-order valence-electron chi connectivity index (χ0n) is 17.6. The molecule has 2 amide bonds. The number of benzene rings is 1. The van der Waals surface area contributed by atoms with Crippen LogP contribution in [0.25, 0.3) is 0 Å². The number of carboxylic acids is 1. The van der Waals surface area contributed by atoms with E-state index in [4.69, 9.17) is 27.3 Å². The molecule has 0 aliphatic carbocycles. The van der Waals surface area contributed by atoms with Gasteiger partial charge in [0.15, 0.2) is 0 Å². The third-order valence-corrected chi connectivity index (χ3v) is 6.31. The summed E-state index contributed by atoms with van der Waals surface area (Å²) in [4.78, 5) is 37.3. The van der Waals surface area contributed by atoms with Crippen molar-refractivity contribution in [1.29, 1.82) is 0 Å². The molecule has 0 saturated carbocycles. The zero-order chi connectivity index (χ0) is 24.8. The fourth-order valence-corrected chi connectivity index (χ4v) is 4.50. The second-order valence-corrected chi connectivity index (χ2v) is 9.34. The highest BCUT2D eigenvalue weighted by Crippen LogP contribution is 2.26. The van der Waals surface area contributed by atoms with Crippen LogP contribution in [0.2, 0.25) is 5.02 Å². The van der Waals surface area contributed by atoms with Crippen LogP contribution in [0, 0.1) is 0 Å². The molecule has 1 saturated heterocycles. The van der Waals surface area contributed by atoms with Crippen molar-refractivity contribution >= 4 is 39.7 Å². The van der Waals surface area contributed by atoms with E-state index in [0.717, 1.165) is 4.90 Å². The maximum atomic E-state index is 12.7. The quantitative estimate of drug-likeness (QED) is 0.243. The number of carbonyl (C=O) groups is 3. The molecule has 0 aromatic heterocycles. The molecule has 3 atom stereocenters. The van der Waals surface area contributed by atoms with Crippen LogP contribution in [0.3, 0.4) is 0 Å². The molecule has 1 fully saturated rings. The molecule has 0 bridgehead atoms. The first-order chi connectivity index (χ1) is 15.4. The van der Waals surface area contributed by atoms with Gasteiger partial charge in [0.05, 0.1) is 23.6 Å². The van der Waals surface area contributed by atoms with E-state index in [2.05, 4.69) is 0 Å². The molecule has 184 valence electrons. The number of likely N-dealkylation sites (tertiary alicyclic amines) is 1. The smallest absolute Gasteiger partial charge is 0.362 e. The highest BCUT2D eigenvalue weighted by Gasteiger charge is 2.42. The molecule has 0 radical (unpaired) electrons. The minimum Gasteiger partial charge on any atom is -0.506 e. The van der Waals surface area contributed by atoms with Crippen molar-refractivity contribution in [3.8, 4) is 5.75 Å². The number of rotatable bonds is 11. The van der Waals surface area contributed by atoms with E-state index in [9.17, 15) is 33.0 Å². The van der Waals surface area contributed by atoms with Gasteiger partial charge in [0.25, 0.3) is 5.91 Å². The number of carboxylic acid groups (broad SMARTS) is 1. The number of carbonyl (C=O) groups excluding carboxylic acids is 2. The predicted octanol–water partition coefficient (Wildman–Crippen LogP) is -0.524. The van der Waals surface area contributed by atoms with Gasteiger partial charge in [-0.15, -0.1) is 0 Å². The van der Waals surface area contributed by atoms with Crippen LogP contribution in [0.5, 0.6) is 5.75 Å². The van der Waals surface area contributed by atoms with Crippen molar-refractivity contribution < 1.29 is 37.2 Å². The first-order valence-corrected chi connectivity index (χ1v) is 11.9. The van der Waals surface area contributed by atoms with Gasteiger partial charge in [0.2, 0.25) is 5.91 Å². The van der Waals surface area contributed by atoms with Crippen molar-refractivity contribution in [2.45, 2.75) is 50.3 Å². The number of amides is 2. The van der Waals surface area contributed by atoms with E-state index in [1.807, 2.05) is 0 Å². The van der Waals surface area contributed by atoms with E-state index >= 15 is 0 Å². The summed E-state index contributed by atoms with van der Waals surface area (Å²) in [5.41, 5.74) is 11.5. The molecule has 1 heterocycles. The number of unbranched alkanes of at least 4 members (excludes halogenated alkanes) is 1. The molecule has 7 N–H and O–H groups in total. The van der Waals surface area contributed by atoms with Gasteiger partial charge in [0.1, 0.15) is 11.8 Å². The largest absolute Gasteiger partial charge is 0.506 e. The number of nitrogens with zero attached hydrogens (tertiary/aromatic N) is 1. The van der Waals surface area contributed by atoms with E-state index in [-0.39, 0.29) is 36.6 Å². The average Bonchev–Trinajstić information content (AvgIpc) is 3.14. The maximum absolute atomic E-state index is 12.7. The van der Waals surface area contributed by atoms with Crippen LogP contribution in [0.1, 0.15) is 31.2 Å². The number of hydrogen-bond donors (Lipinski definition) is 5. The lowest BCUT2D eigenvalue weighted by atomic mass is 10.1. The number of hydrogen-bond acceptors (Lipinski definition) is 9. The SMILES string of the molecule is NCCCC[C@H](N)C(=O)NS(=O)(=O)O[C@@H]1C[C@@H](C(=O)O)N(C(=O)Cc2ccc(O)c(Cl)c2)C1. The molecule has 14 heteroatoms. The first-order valence-electron chi connectivity index (χ1n) is 10.1. The van der Waals surface area contributed by atoms with E-state index in [1.54, 1.807) is 4.72 Å². The van der Waals surface area contributed by atoms with Gasteiger partial charge < -0.3 is 26.6 Å². The van der Waals surface area contributed by atoms with Gasteiger partial charge in [-0.1, -0.05) is 24.1 Å². The van der Waals surface area contributed by atoms with Crippen molar-refractivity contribution in [3.63, 3.8) is 0 Å². The van der Waals surface area contributed by atoms with Crippen LogP contribution in [0.15, 0.2) is 18.2 Å². The van der Waals surface area contributed by atoms with Crippen molar-refractivity contribution in [2.75, 3.05) is 13.1 Å². The van der Waals surface area contributed by atoms with Crippen molar-refractivity contribution in [1.82, 2.24) is 9.62 Å². The maximum Gasteiger partial charge on any atom is 0.362 e. The molecule has 2 rings (SSSR count). The summed E-state index contributed by atoms with van der Waals surface area (Å²) in [5.74, 6) is -3.06. The van der Waals surface area contributed by atoms with Crippen molar-refractivity contribution in [3.05, 3.63) is 28.8 Å². The average molecular weight is 507 g/mol. The Morgan fingerprint density at radius 3 is 2.61 bits per heavy atom. The summed E-state index contributed by atoms with van der Waals surface area (Å²) >= 11 is 5.83. The van der Waals surface area contributed by atoms with E-state index in [0.29, 0.717) is 24.9 Å². The number of halogens is 1. The summed E-state index contributed by atoms with van der Waals surface area (Å²) in [6.45, 7) is 0.0937. The predicted molar refractivity (Wildman–Crippen MR) is 117 cm³/mol. The number of nitrogens with one attached hydrogen (secondary N) is 1. The van der Waals surface area contributed by atoms with Crippen LogP contribution < -0.4 is 16.2 Å². The van der Waals surface area contributed by atoms with Gasteiger partial charge in [-0.25, -0.2) is 13.7 Å². The highest BCUT2D eigenvalue weighted by molar-refractivity contribution is 7.85. The molecular formula is C19H27ClN4O8S. The van der Waals surface area contributed by atoms with Gasteiger partial charge >= 0.3 is 16.3 Å². The number of aromatic hydroxyl groups is 1. The Hall–Kier alpha value is -2.45.